The van der Waals surface area contributed by atoms with Gasteiger partial charge in [0.2, 0.25) is 0 Å². The predicted octanol–water partition coefficient (Wildman–Crippen LogP) is 2.83. The van der Waals surface area contributed by atoms with E-state index in [0.717, 1.165) is 22.6 Å². The van der Waals surface area contributed by atoms with Crippen LogP contribution < -0.4 is 10.5 Å². The Morgan fingerprint density at radius 3 is 2.77 bits per heavy atom. The van der Waals surface area contributed by atoms with Gasteiger partial charge in [0, 0.05) is 23.8 Å². The van der Waals surface area contributed by atoms with Crippen molar-refractivity contribution < 1.29 is 0 Å². The summed E-state index contributed by atoms with van der Waals surface area (Å²) in [6, 6.07) is 11.0. The highest BCUT2D eigenvalue weighted by Crippen LogP contribution is 2.34. The highest BCUT2D eigenvalue weighted by atomic mass is 35.5. The van der Waals surface area contributed by atoms with Crippen molar-refractivity contribution in [1.82, 2.24) is 14.8 Å². The quantitative estimate of drug-likeness (QED) is 0.752. The molecule has 110 valence electrons. The van der Waals surface area contributed by atoms with Crippen LogP contribution in [-0.2, 0) is 6.54 Å². The number of fused-ring (bicyclic) bond motifs is 3. The van der Waals surface area contributed by atoms with Gasteiger partial charge in [0.1, 0.15) is 5.69 Å². The summed E-state index contributed by atoms with van der Waals surface area (Å²) in [7, 11) is 1.90. The Balaban J connectivity index is 1.96. The summed E-state index contributed by atoms with van der Waals surface area (Å²) >= 11 is 5.92. The lowest BCUT2D eigenvalue weighted by Crippen LogP contribution is -2.27. The average Bonchev–Trinajstić information content (AvgIpc) is 2.87. The van der Waals surface area contributed by atoms with Crippen molar-refractivity contribution >= 4 is 17.3 Å². The van der Waals surface area contributed by atoms with Gasteiger partial charge in [0.05, 0.1) is 23.6 Å². The number of halogens is 1. The van der Waals surface area contributed by atoms with E-state index in [1.54, 1.807) is 23.0 Å². The molecule has 0 fully saturated rings. The van der Waals surface area contributed by atoms with Gasteiger partial charge in [-0.3, -0.25) is 14.9 Å². The first kappa shape index (κ1) is 13.2. The van der Waals surface area contributed by atoms with Crippen LogP contribution in [0.2, 0.25) is 5.02 Å². The number of aromatic nitrogens is 3. The van der Waals surface area contributed by atoms with Crippen LogP contribution in [0, 0.1) is 0 Å². The van der Waals surface area contributed by atoms with Gasteiger partial charge in [0.25, 0.3) is 5.56 Å². The maximum Gasteiger partial charge on any atom is 0.295 e. The minimum absolute atomic E-state index is 0.0747. The lowest BCUT2D eigenvalue weighted by Gasteiger charge is -2.24. The maximum atomic E-state index is 12.8. The van der Waals surface area contributed by atoms with Crippen LogP contribution in [0.15, 0.2) is 47.4 Å². The number of aromatic amines is 1. The monoisotopic (exact) mass is 312 g/mol. The summed E-state index contributed by atoms with van der Waals surface area (Å²) < 4.78 is 1.54. The lowest BCUT2D eigenvalue weighted by molar-refractivity contribution is 0.851. The number of hydrogen-bond acceptors (Lipinski definition) is 3. The molecular formula is C16H13ClN4O. The third kappa shape index (κ3) is 1.86. The molecule has 0 amide bonds. The van der Waals surface area contributed by atoms with E-state index in [1.807, 2.05) is 36.2 Å². The molecular weight excluding hydrogens is 300 g/mol. The van der Waals surface area contributed by atoms with Crippen LogP contribution in [-0.4, -0.2) is 21.8 Å². The number of pyridine rings is 1. The summed E-state index contributed by atoms with van der Waals surface area (Å²) in [6.45, 7) is 0.622. The van der Waals surface area contributed by atoms with Crippen molar-refractivity contribution in [3.63, 3.8) is 0 Å². The van der Waals surface area contributed by atoms with Crippen molar-refractivity contribution in [2.75, 3.05) is 11.9 Å². The van der Waals surface area contributed by atoms with E-state index in [9.17, 15) is 4.79 Å². The number of rotatable bonds is 1. The van der Waals surface area contributed by atoms with Gasteiger partial charge >= 0.3 is 0 Å². The van der Waals surface area contributed by atoms with Gasteiger partial charge in [-0.1, -0.05) is 11.6 Å². The zero-order valence-electron chi connectivity index (χ0n) is 11.9. The molecule has 0 saturated heterocycles. The average molecular weight is 313 g/mol. The Labute approximate surface area is 131 Å². The highest BCUT2D eigenvalue weighted by Gasteiger charge is 2.27. The second-order valence-electron chi connectivity index (χ2n) is 5.31. The van der Waals surface area contributed by atoms with Gasteiger partial charge < -0.3 is 4.90 Å². The number of benzene rings is 1. The first-order valence-corrected chi connectivity index (χ1v) is 7.29. The third-order valence-electron chi connectivity index (χ3n) is 3.88. The summed E-state index contributed by atoms with van der Waals surface area (Å²) in [5.74, 6) is 0. The molecule has 0 saturated carbocycles. The van der Waals surface area contributed by atoms with Crippen LogP contribution in [0.4, 0.5) is 5.69 Å². The summed E-state index contributed by atoms with van der Waals surface area (Å²) in [5, 5.41) is 3.84. The largest absolute Gasteiger partial charge is 0.362 e. The van der Waals surface area contributed by atoms with Crippen molar-refractivity contribution in [3.8, 4) is 16.9 Å². The summed E-state index contributed by atoms with van der Waals surface area (Å²) in [6.07, 6.45) is 1.77. The molecule has 0 aliphatic carbocycles. The number of hydrogen-bond donors (Lipinski definition) is 1. The predicted molar refractivity (Wildman–Crippen MR) is 86.7 cm³/mol. The molecule has 0 spiro atoms. The molecule has 0 radical (unpaired) electrons. The van der Waals surface area contributed by atoms with Gasteiger partial charge in [-0.2, -0.15) is 0 Å². The zero-order chi connectivity index (χ0) is 15.3. The Bertz CT molecular complexity index is 911. The fraction of sp³-hybridized carbons (Fsp3) is 0.125. The number of H-pyrrole nitrogens is 1. The van der Waals surface area contributed by atoms with Gasteiger partial charge in [0.15, 0.2) is 0 Å². The molecule has 0 bridgehead atoms. The molecule has 0 atom stereocenters. The van der Waals surface area contributed by atoms with Crippen LogP contribution >= 0.6 is 11.6 Å². The number of anilines is 1. The minimum Gasteiger partial charge on any atom is -0.362 e. The topological polar surface area (TPSA) is 53.9 Å². The Morgan fingerprint density at radius 2 is 2.00 bits per heavy atom. The van der Waals surface area contributed by atoms with E-state index in [-0.39, 0.29) is 5.56 Å². The second-order valence-corrected chi connectivity index (χ2v) is 5.74. The van der Waals surface area contributed by atoms with E-state index in [4.69, 9.17) is 11.6 Å². The van der Waals surface area contributed by atoms with Crippen molar-refractivity contribution in [1.29, 1.82) is 0 Å². The fourth-order valence-corrected chi connectivity index (χ4v) is 2.96. The molecule has 3 heterocycles. The Kier molecular flexibility index (Phi) is 2.84. The van der Waals surface area contributed by atoms with E-state index >= 15 is 0 Å². The maximum absolute atomic E-state index is 12.8. The molecule has 4 rings (SSSR count). The molecule has 1 aromatic carbocycles. The van der Waals surface area contributed by atoms with Crippen LogP contribution in [0.25, 0.3) is 16.9 Å². The zero-order valence-corrected chi connectivity index (χ0v) is 12.6. The van der Waals surface area contributed by atoms with Gasteiger partial charge in [-0.05, 0) is 36.4 Å². The fourth-order valence-electron chi connectivity index (χ4n) is 2.84. The van der Waals surface area contributed by atoms with E-state index < -0.39 is 0 Å². The molecule has 3 aromatic rings. The normalized spacial score (nSPS) is 12.9. The van der Waals surface area contributed by atoms with Crippen LogP contribution in [0.3, 0.4) is 0 Å². The first-order chi connectivity index (χ1) is 10.6. The minimum atomic E-state index is -0.0747. The van der Waals surface area contributed by atoms with Crippen LogP contribution in [0.1, 0.15) is 5.69 Å². The SMILES string of the molecule is CN1Cc2ncccc2-c2[nH]n(-c3ccc(Cl)cc3)c(=O)c21. The van der Waals surface area contributed by atoms with E-state index in [2.05, 4.69) is 10.1 Å². The van der Waals surface area contributed by atoms with Crippen molar-refractivity contribution in [2.45, 2.75) is 6.54 Å². The van der Waals surface area contributed by atoms with Gasteiger partial charge in [-0.15, -0.1) is 0 Å². The molecule has 2 aromatic heterocycles. The molecule has 6 heteroatoms. The Morgan fingerprint density at radius 1 is 1.23 bits per heavy atom. The molecule has 22 heavy (non-hydrogen) atoms. The summed E-state index contributed by atoms with van der Waals surface area (Å²) in [5.41, 5.74) is 4.08. The van der Waals surface area contributed by atoms with Crippen molar-refractivity contribution in [2.24, 2.45) is 0 Å². The molecule has 1 aliphatic heterocycles. The highest BCUT2D eigenvalue weighted by molar-refractivity contribution is 6.30. The van der Waals surface area contributed by atoms with Gasteiger partial charge in [-0.25, -0.2) is 4.68 Å². The first-order valence-electron chi connectivity index (χ1n) is 6.91. The molecule has 0 unspecified atom stereocenters. The molecule has 1 N–H and O–H groups in total. The van der Waals surface area contributed by atoms with E-state index in [1.165, 1.54) is 0 Å². The van der Waals surface area contributed by atoms with Crippen molar-refractivity contribution in [3.05, 3.63) is 63.7 Å². The third-order valence-corrected chi connectivity index (χ3v) is 4.13. The Hall–Kier alpha value is -2.53. The summed E-state index contributed by atoms with van der Waals surface area (Å²) in [4.78, 5) is 19.1. The smallest absolute Gasteiger partial charge is 0.295 e. The molecule has 1 aliphatic rings. The number of nitrogens with zero attached hydrogens (tertiary/aromatic N) is 3. The lowest BCUT2D eigenvalue weighted by atomic mass is 10.0. The number of nitrogens with one attached hydrogen (secondary N) is 1. The molecule has 5 nitrogen and oxygen atoms in total. The standard InChI is InChI=1S/C16H13ClN4O/c1-20-9-13-12(3-2-8-18-13)14-15(20)16(22)21(19-14)11-6-4-10(17)5-7-11/h2-8,19H,9H2,1H3. The van der Waals surface area contributed by atoms with Crippen LogP contribution in [0.5, 0.6) is 0 Å². The second kappa shape index (κ2) is 4.74. The van der Waals surface area contributed by atoms with E-state index in [0.29, 0.717) is 17.3 Å².